The Morgan fingerprint density at radius 1 is 1.08 bits per heavy atom. The molecule has 12 heteroatoms. The summed E-state index contributed by atoms with van der Waals surface area (Å²) < 4.78 is 46.1. The molecule has 0 saturated heterocycles. The molecule has 0 unspecified atom stereocenters. The van der Waals surface area contributed by atoms with Crippen LogP contribution >= 0.6 is 0 Å². The van der Waals surface area contributed by atoms with Gasteiger partial charge in [-0.25, -0.2) is 8.42 Å². The van der Waals surface area contributed by atoms with Crippen LogP contribution in [0, 0.1) is 5.92 Å². The van der Waals surface area contributed by atoms with E-state index >= 15 is 0 Å². The van der Waals surface area contributed by atoms with E-state index < -0.39 is 22.2 Å². The summed E-state index contributed by atoms with van der Waals surface area (Å²) in [5.74, 6) is -0.000203. The van der Waals surface area contributed by atoms with E-state index in [1.807, 2.05) is 44.2 Å². The van der Waals surface area contributed by atoms with Crippen molar-refractivity contribution in [1.82, 2.24) is 9.21 Å². The highest BCUT2D eigenvalue weighted by Gasteiger charge is 2.32. The average molecular weight is 696 g/mol. The first-order valence-electron chi connectivity index (χ1n) is 16.7. The smallest absolute Gasteiger partial charge is 0.258 e. The molecule has 4 rings (SSSR count). The van der Waals surface area contributed by atoms with Gasteiger partial charge in [0, 0.05) is 38.3 Å². The number of carbonyl (C=O) groups is 2. The molecule has 0 bridgehead atoms. The fraction of sp³-hybridized carbons (Fsp3) is 0.459. The molecule has 0 aliphatic carbocycles. The topological polar surface area (TPSA) is 135 Å². The number of hydrogen-bond acceptors (Lipinski definition) is 8. The quantitative estimate of drug-likeness (QED) is 0.303. The lowest BCUT2D eigenvalue weighted by atomic mass is 10.0. The van der Waals surface area contributed by atoms with Crippen molar-refractivity contribution in [3.8, 4) is 11.5 Å². The van der Waals surface area contributed by atoms with Crippen molar-refractivity contribution in [2.45, 2.75) is 69.6 Å². The van der Waals surface area contributed by atoms with Crippen molar-refractivity contribution < 1.29 is 37.3 Å². The molecule has 0 fully saturated rings. The van der Waals surface area contributed by atoms with Crippen molar-refractivity contribution in [2.75, 3.05) is 45.8 Å². The van der Waals surface area contributed by atoms with Crippen LogP contribution in [0.1, 0.15) is 56.0 Å². The maximum absolute atomic E-state index is 14.4. The molecule has 2 amide bonds. The molecule has 0 spiro atoms. The van der Waals surface area contributed by atoms with E-state index in [1.54, 1.807) is 42.2 Å². The van der Waals surface area contributed by atoms with Gasteiger partial charge in [0.25, 0.3) is 5.91 Å². The largest absolute Gasteiger partial charge is 0.497 e. The van der Waals surface area contributed by atoms with Crippen LogP contribution in [0.5, 0.6) is 11.5 Å². The van der Waals surface area contributed by atoms with Crippen molar-refractivity contribution in [2.24, 2.45) is 5.92 Å². The van der Waals surface area contributed by atoms with Crippen LogP contribution in [0.25, 0.3) is 0 Å². The predicted octanol–water partition coefficient (Wildman–Crippen LogP) is 4.99. The predicted molar refractivity (Wildman–Crippen MR) is 188 cm³/mol. The molecule has 11 nitrogen and oxygen atoms in total. The van der Waals surface area contributed by atoms with Gasteiger partial charge in [0.05, 0.1) is 48.8 Å². The summed E-state index contributed by atoms with van der Waals surface area (Å²) >= 11 is 0. The lowest BCUT2D eigenvalue weighted by molar-refractivity contribution is -0.115. The number of sulfonamides is 1. The third-order valence-electron chi connectivity index (χ3n) is 8.75. The SMILES string of the molecule is COc1ccc(S(=O)(=O)N(C)C[C@H]2OCCCC[C@H](C)Oc3ccc(NC(=O)Cc4ccccc4)cc3C(=O)N([C@H](C)CO)C[C@@H]2C)cc1. The summed E-state index contributed by atoms with van der Waals surface area (Å²) in [5.41, 5.74) is 1.56. The van der Waals surface area contributed by atoms with E-state index in [1.165, 1.54) is 30.6 Å². The fourth-order valence-electron chi connectivity index (χ4n) is 5.73. The monoisotopic (exact) mass is 695 g/mol. The first-order chi connectivity index (χ1) is 23.4. The van der Waals surface area contributed by atoms with E-state index in [4.69, 9.17) is 14.2 Å². The minimum atomic E-state index is -3.85. The highest BCUT2D eigenvalue weighted by atomic mass is 32.2. The number of anilines is 1. The molecule has 4 atom stereocenters. The van der Waals surface area contributed by atoms with Crippen LogP contribution in [0.2, 0.25) is 0 Å². The van der Waals surface area contributed by atoms with Gasteiger partial charge in [-0.3, -0.25) is 9.59 Å². The Balaban J connectivity index is 1.62. The van der Waals surface area contributed by atoms with Crippen molar-refractivity contribution in [1.29, 1.82) is 0 Å². The number of hydrogen-bond donors (Lipinski definition) is 2. The molecule has 0 aromatic heterocycles. The molecule has 3 aromatic carbocycles. The van der Waals surface area contributed by atoms with Crippen molar-refractivity contribution in [3.05, 3.63) is 83.9 Å². The van der Waals surface area contributed by atoms with Crippen LogP contribution in [-0.2, 0) is 26.0 Å². The van der Waals surface area contributed by atoms with E-state index in [9.17, 15) is 23.1 Å². The zero-order valence-corrected chi connectivity index (χ0v) is 29.8. The van der Waals surface area contributed by atoms with Gasteiger partial charge in [0.2, 0.25) is 15.9 Å². The number of rotatable bonds is 10. The lowest BCUT2D eigenvalue weighted by Gasteiger charge is -2.35. The lowest BCUT2D eigenvalue weighted by Crippen LogP contribution is -2.48. The van der Waals surface area contributed by atoms with Crippen LogP contribution in [-0.4, -0.2) is 93.3 Å². The van der Waals surface area contributed by atoms with Crippen molar-refractivity contribution in [3.63, 3.8) is 0 Å². The summed E-state index contributed by atoms with van der Waals surface area (Å²) in [7, 11) is -0.814. The third kappa shape index (κ3) is 10.3. The average Bonchev–Trinajstić information content (AvgIpc) is 3.09. The number of nitrogens with zero attached hydrogens (tertiary/aromatic N) is 2. The van der Waals surface area contributed by atoms with Gasteiger partial charge in [-0.05, 0) is 81.1 Å². The normalized spacial score (nSPS) is 20.1. The van der Waals surface area contributed by atoms with Gasteiger partial charge in [0.1, 0.15) is 11.5 Å². The number of nitrogens with one attached hydrogen (secondary N) is 1. The number of fused-ring (bicyclic) bond motifs is 1. The summed E-state index contributed by atoms with van der Waals surface area (Å²) in [4.78, 5) is 29.0. The number of carbonyl (C=O) groups excluding carboxylic acids is 2. The second kappa shape index (κ2) is 17.6. The van der Waals surface area contributed by atoms with Gasteiger partial charge in [-0.2, -0.15) is 4.31 Å². The maximum Gasteiger partial charge on any atom is 0.258 e. The van der Waals surface area contributed by atoms with Gasteiger partial charge in [0.15, 0.2) is 0 Å². The second-order valence-corrected chi connectivity index (χ2v) is 14.7. The number of aliphatic hydroxyl groups excluding tert-OH is 1. The van der Waals surface area contributed by atoms with Crippen LogP contribution in [0.4, 0.5) is 5.69 Å². The first-order valence-corrected chi connectivity index (χ1v) is 18.1. The molecule has 266 valence electrons. The minimum absolute atomic E-state index is 0.0543. The zero-order valence-electron chi connectivity index (χ0n) is 29.0. The number of likely N-dealkylation sites (N-methyl/N-ethyl adjacent to an activating group) is 1. The Morgan fingerprint density at radius 2 is 1.80 bits per heavy atom. The third-order valence-corrected chi connectivity index (χ3v) is 10.6. The van der Waals surface area contributed by atoms with Crippen LogP contribution < -0.4 is 14.8 Å². The Hall–Kier alpha value is -3.97. The number of amides is 2. The number of ether oxygens (including phenoxy) is 3. The Labute approximate surface area is 290 Å². The molecule has 0 saturated carbocycles. The number of aliphatic hydroxyl groups is 1. The summed E-state index contributed by atoms with van der Waals surface area (Å²) in [5, 5.41) is 13.1. The van der Waals surface area contributed by atoms with E-state index in [2.05, 4.69) is 5.32 Å². The van der Waals surface area contributed by atoms with Crippen LogP contribution in [0.15, 0.2) is 77.7 Å². The van der Waals surface area contributed by atoms with E-state index in [-0.39, 0.29) is 60.4 Å². The Kier molecular flexibility index (Phi) is 13.6. The standard InChI is InChI=1S/C37H49N3O8S/c1-26-23-40(27(2)25-41)37(43)33-22-30(38-36(42)21-29-12-7-6-8-13-29)14-19-34(33)48-28(3)11-9-10-20-47-35(26)24-39(4)49(44,45)32-17-15-31(46-5)16-18-32/h6-8,12-19,22,26-28,35,41H,9-11,20-21,23-25H2,1-5H3,(H,38,42)/t26-,27+,28-,35+/m0/s1. The van der Waals surface area contributed by atoms with Gasteiger partial charge < -0.3 is 29.5 Å². The summed E-state index contributed by atoms with van der Waals surface area (Å²) in [6.45, 7) is 5.93. The first kappa shape index (κ1) is 37.8. The molecule has 1 heterocycles. The van der Waals surface area contributed by atoms with Gasteiger partial charge >= 0.3 is 0 Å². The van der Waals surface area contributed by atoms with E-state index in [0.29, 0.717) is 30.2 Å². The number of methoxy groups -OCH3 is 1. The van der Waals surface area contributed by atoms with Crippen LogP contribution in [0.3, 0.4) is 0 Å². The number of benzene rings is 3. The molecule has 0 radical (unpaired) electrons. The van der Waals surface area contributed by atoms with Gasteiger partial charge in [-0.15, -0.1) is 0 Å². The fourth-order valence-corrected chi connectivity index (χ4v) is 6.91. The molecular formula is C37H49N3O8S. The maximum atomic E-state index is 14.4. The van der Waals surface area contributed by atoms with E-state index in [0.717, 1.165) is 18.4 Å². The molecule has 49 heavy (non-hydrogen) atoms. The van der Waals surface area contributed by atoms with Gasteiger partial charge in [-0.1, -0.05) is 37.3 Å². The molecule has 1 aliphatic rings. The molecule has 2 N–H and O–H groups in total. The summed E-state index contributed by atoms with van der Waals surface area (Å²) in [6, 6.07) is 20.0. The Bertz CT molecular complexity index is 1640. The van der Waals surface area contributed by atoms with Crippen molar-refractivity contribution >= 4 is 27.5 Å². The molecule has 3 aromatic rings. The second-order valence-electron chi connectivity index (χ2n) is 12.7. The zero-order chi connectivity index (χ0) is 35.6. The summed E-state index contributed by atoms with van der Waals surface area (Å²) in [6.07, 6.45) is 1.64. The highest BCUT2D eigenvalue weighted by molar-refractivity contribution is 7.89. The Morgan fingerprint density at radius 3 is 2.47 bits per heavy atom. The minimum Gasteiger partial charge on any atom is -0.497 e. The molecular weight excluding hydrogens is 646 g/mol. The molecule has 1 aliphatic heterocycles. The highest BCUT2D eigenvalue weighted by Crippen LogP contribution is 2.29.